The lowest BCUT2D eigenvalue weighted by atomic mass is 10.0. The predicted octanol–water partition coefficient (Wildman–Crippen LogP) is 5.67. The Morgan fingerprint density at radius 1 is 1.12 bits per heavy atom. The van der Waals surface area contributed by atoms with Crippen molar-refractivity contribution in [1.82, 2.24) is 0 Å². The minimum absolute atomic E-state index is 0.267. The fraction of sp³-hybridized carbons (Fsp3) is 0.211. The monoisotopic (exact) mass is 357 g/mol. The van der Waals surface area contributed by atoms with Crippen LogP contribution in [0.5, 0.6) is 0 Å². The van der Waals surface area contributed by atoms with E-state index in [4.69, 9.17) is 0 Å². The summed E-state index contributed by atoms with van der Waals surface area (Å²) in [6.45, 7) is 0. The van der Waals surface area contributed by atoms with E-state index in [0.29, 0.717) is 5.92 Å². The van der Waals surface area contributed by atoms with Crippen LogP contribution in [0.25, 0.3) is 0 Å². The molecule has 24 heavy (non-hydrogen) atoms. The van der Waals surface area contributed by atoms with Crippen molar-refractivity contribution in [1.29, 1.82) is 0 Å². The quantitative estimate of drug-likeness (QED) is 0.298. The molecule has 0 atom stereocenters. The number of hydrogen-bond donors (Lipinski definition) is 0. The van der Waals surface area contributed by atoms with Gasteiger partial charge in [0.2, 0.25) is 0 Å². The summed E-state index contributed by atoms with van der Waals surface area (Å²) in [4.78, 5) is 5.56. The first-order chi connectivity index (χ1) is 11.7. The first-order valence-electron chi connectivity index (χ1n) is 7.48. The van der Waals surface area contributed by atoms with E-state index < -0.39 is 17.3 Å². The van der Waals surface area contributed by atoms with Gasteiger partial charge >= 0.3 is 0 Å². The number of rotatable bonds is 3. The minimum atomic E-state index is -0.794. The van der Waals surface area contributed by atoms with E-state index in [-0.39, 0.29) is 5.56 Å². The summed E-state index contributed by atoms with van der Waals surface area (Å²) in [5.74, 6) is 4.86. The Kier molecular flexibility index (Phi) is 5.32. The van der Waals surface area contributed by atoms with Crippen LogP contribution in [0, 0.1) is 29.4 Å². The van der Waals surface area contributed by atoms with Crippen LogP contribution in [0.2, 0.25) is 0 Å². The molecule has 120 valence electrons. The molecule has 5 heteroatoms. The highest BCUT2D eigenvalue weighted by molar-refractivity contribution is 7.78. The summed E-state index contributed by atoms with van der Waals surface area (Å²) in [7, 11) is 0. The van der Waals surface area contributed by atoms with Crippen LogP contribution < -0.4 is 0 Å². The summed E-state index contributed by atoms with van der Waals surface area (Å²) in [5, 5.41) is 1.96. The average Bonchev–Trinajstić information content (AvgIpc) is 3.21. The Hall–Kier alpha value is -2.12. The van der Waals surface area contributed by atoms with E-state index >= 15 is 0 Å². The van der Waals surface area contributed by atoms with Crippen molar-refractivity contribution in [3.63, 3.8) is 0 Å². The van der Waals surface area contributed by atoms with Crippen LogP contribution in [-0.4, -0.2) is 5.16 Å². The van der Waals surface area contributed by atoms with E-state index in [0.717, 1.165) is 36.3 Å². The van der Waals surface area contributed by atoms with Crippen molar-refractivity contribution in [2.75, 3.05) is 0 Å². The van der Waals surface area contributed by atoms with Crippen LogP contribution in [0.3, 0.4) is 0 Å². The number of nitrogens with zero attached hydrogens (tertiary/aromatic N) is 1. The molecule has 0 saturated heterocycles. The van der Waals surface area contributed by atoms with E-state index in [1.807, 2.05) is 11.2 Å². The molecule has 0 unspecified atom stereocenters. The van der Waals surface area contributed by atoms with Gasteiger partial charge in [0.25, 0.3) is 0 Å². The first kappa shape index (κ1) is 16.7. The third kappa shape index (κ3) is 4.04. The van der Waals surface area contributed by atoms with Gasteiger partial charge in [0.15, 0.2) is 11.6 Å². The van der Waals surface area contributed by atoms with Crippen molar-refractivity contribution in [2.24, 2.45) is 10.9 Å². The van der Waals surface area contributed by atoms with Crippen molar-refractivity contribution >= 4 is 34.4 Å². The maximum Gasteiger partial charge on any atom is 0.153 e. The number of hydrogen-bond acceptors (Lipinski definition) is 3. The smallest absolute Gasteiger partial charge is 0.153 e. The van der Waals surface area contributed by atoms with Gasteiger partial charge in [-0.25, -0.2) is 8.78 Å². The summed E-state index contributed by atoms with van der Waals surface area (Å²) >= 11 is 6.00. The summed E-state index contributed by atoms with van der Waals surface area (Å²) in [6.07, 6.45) is 7.76. The zero-order valence-corrected chi connectivity index (χ0v) is 14.3. The first-order valence-corrected chi connectivity index (χ1v) is 8.71. The molecule has 1 aromatic heterocycles. The van der Waals surface area contributed by atoms with E-state index in [1.165, 1.54) is 4.88 Å². The number of aliphatic imine (C=N–C) groups is 1. The minimum Gasteiger partial charge on any atom is -0.204 e. The molecule has 0 N–H and O–H groups in total. The van der Waals surface area contributed by atoms with E-state index in [9.17, 15) is 8.78 Å². The highest BCUT2D eigenvalue weighted by Crippen LogP contribution is 2.26. The van der Waals surface area contributed by atoms with Gasteiger partial charge in [-0.1, -0.05) is 24.0 Å². The van der Waals surface area contributed by atoms with Gasteiger partial charge in [0, 0.05) is 10.4 Å². The fourth-order valence-electron chi connectivity index (χ4n) is 2.60. The second-order valence-corrected chi connectivity index (χ2v) is 6.87. The van der Waals surface area contributed by atoms with Crippen LogP contribution in [0.15, 0.2) is 41.4 Å². The second-order valence-electron chi connectivity index (χ2n) is 5.52. The molecule has 1 aromatic carbocycles. The number of halogens is 2. The lowest BCUT2D eigenvalue weighted by Gasteiger charge is -2.05. The lowest BCUT2D eigenvalue weighted by molar-refractivity contribution is 0.572. The fourth-order valence-corrected chi connectivity index (χ4v) is 3.67. The Balaban J connectivity index is 1.75. The predicted molar refractivity (Wildman–Crippen MR) is 96.9 cm³/mol. The molecule has 0 saturated carbocycles. The summed E-state index contributed by atoms with van der Waals surface area (Å²) in [5.41, 5.74) is -0.164. The second kappa shape index (κ2) is 7.63. The number of benzene rings is 1. The molecule has 1 heterocycles. The standard InChI is InChI=1S/C19H13F2NS2/c20-17-10-14(11-18(21)19(17)22-12-23)5-6-15-7-8-16(24-15)9-13-3-1-2-4-13/h1-2,7-8,10-11,13H,3-4,9H2. The topological polar surface area (TPSA) is 12.4 Å². The van der Waals surface area contributed by atoms with Crippen LogP contribution >= 0.6 is 23.6 Å². The molecular weight excluding hydrogens is 344 g/mol. The zero-order valence-electron chi connectivity index (χ0n) is 12.7. The Labute approximate surface area is 148 Å². The molecule has 0 radical (unpaired) electrons. The SMILES string of the molecule is Fc1cc(C#Cc2ccc(CC3CC=CC3)s2)cc(F)c1N=C=S. The third-order valence-electron chi connectivity index (χ3n) is 3.76. The van der Waals surface area contributed by atoms with Gasteiger partial charge in [0.1, 0.15) is 5.69 Å². The summed E-state index contributed by atoms with van der Waals surface area (Å²) in [6, 6.07) is 6.33. The highest BCUT2D eigenvalue weighted by atomic mass is 32.1. The zero-order chi connectivity index (χ0) is 16.9. The maximum atomic E-state index is 13.8. The van der Waals surface area contributed by atoms with Gasteiger partial charge in [-0.05, 0) is 61.7 Å². The number of isothiocyanates is 1. The molecule has 0 fully saturated rings. The van der Waals surface area contributed by atoms with E-state index in [1.54, 1.807) is 11.3 Å². The van der Waals surface area contributed by atoms with Crippen LogP contribution in [-0.2, 0) is 6.42 Å². The number of thiophene rings is 1. The molecular formula is C19H13F2NS2. The molecule has 1 aliphatic carbocycles. The van der Waals surface area contributed by atoms with Crippen LogP contribution in [0.1, 0.15) is 28.2 Å². The normalized spacial score (nSPS) is 13.4. The van der Waals surface area contributed by atoms with Gasteiger partial charge in [-0.15, -0.1) is 11.3 Å². The molecule has 0 amide bonds. The number of thiocarbonyl (C=S) groups is 1. The Morgan fingerprint density at radius 3 is 2.50 bits per heavy atom. The largest absolute Gasteiger partial charge is 0.204 e. The van der Waals surface area contributed by atoms with E-state index in [2.05, 4.69) is 47.3 Å². The van der Waals surface area contributed by atoms with Crippen molar-refractivity contribution in [3.8, 4) is 11.8 Å². The van der Waals surface area contributed by atoms with Crippen molar-refractivity contribution < 1.29 is 8.78 Å². The highest BCUT2D eigenvalue weighted by Gasteiger charge is 2.12. The third-order valence-corrected chi connectivity index (χ3v) is 4.88. The van der Waals surface area contributed by atoms with Gasteiger partial charge in [0.05, 0.1) is 10.0 Å². The molecule has 0 aliphatic heterocycles. The van der Waals surface area contributed by atoms with Crippen molar-refractivity contribution in [2.45, 2.75) is 19.3 Å². The Morgan fingerprint density at radius 2 is 1.83 bits per heavy atom. The number of allylic oxidation sites excluding steroid dienone is 2. The average molecular weight is 357 g/mol. The van der Waals surface area contributed by atoms with Gasteiger partial charge < -0.3 is 0 Å². The molecule has 0 spiro atoms. The van der Waals surface area contributed by atoms with Gasteiger partial charge in [-0.2, -0.15) is 4.99 Å². The molecule has 1 nitrogen and oxygen atoms in total. The molecule has 3 rings (SSSR count). The van der Waals surface area contributed by atoms with Gasteiger partial charge in [-0.3, -0.25) is 0 Å². The molecule has 1 aliphatic rings. The van der Waals surface area contributed by atoms with Crippen LogP contribution in [0.4, 0.5) is 14.5 Å². The molecule has 0 bridgehead atoms. The van der Waals surface area contributed by atoms with Crippen molar-refractivity contribution in [3.05, 3.63) is 63.4 Å². The maximum absolute atomic E-state index is 13.8. The molecule has 2 aromatic rings. The lowest BCUT2D eigenvalue weighted by Crippen LogP contribution is -1.96. The summed E-state index contributed by atoms with van der Waals surface area (Å²) < 4.78 is 27.5. The Bertz CT molecular complexity index is 865.